The Morgan fingerprint density at radius 2 is 1.85 bits per heavy atom. The van der Waals surface area contributed by atoms with Crippen molar-refractivity contribution < 1.29 is 12.8 Å². The molecule has 1 fully saturated rings. The smallest absolute Gasteiger partial charge is 0.215 e. The van der Waals surface area contributed by atoms with E-state index in [2.05, 4.69) is 21.1 Å². The van der Waals surface area contributed by atoms with Crippen molar-refractivity contribution in [2.45, 2.75) is 37.5 Å². The minimum Gasteiger partial charge on any atom is -0.295 e. The molecule has 1 saturated heterocycles. The van der Waals surface area contributed by atoms with Crippen LogP contribution in [0.2, 0.25) is 0 Å². The summed E-state index contributed by atoms with van der Waals surface area (Å²) in [6.07, 6.45) is 4.74. The van der Waals surface area contributed by atoms with Crippen LogP contribution >= 0.6 is 11.3 Å². The highest BCUT2D eigenvalue weighted by molar-refractivity contribution is 7.88. The van der Waals surface area contributed by atoms with E-state index in [1.165, 1.54) is 25.0 Å². The summed E-state index contributed by atoms with van der Waals surface area (Å²) in [6, 6.07) is 8.10. The highest BCUT2D eigenvalue weighted by Gasteiger charge is 2.24. The molecular weight excluding hydrogens is 371 g/mol. The largest absolute Gasteiger partial charge is 0.295 e. The molecule has 2 aromatic rings. The molecule has 0 spiro atoms. The number of thiophene rings is 1. The first-order valence-electron chi connectivity index (χ1n) is 9.02. The molecule has 1 aliphatic heterocycles. The Balaban J connectivity index is 1.69. The maximum absolute atomic E-state index is 13.8. The molecule has 0 aliphatic carbocycles. The van der Waals surface area contributed by atoms with Crippen molar-refractivity contribution in [1.29, 1.82) is 0 Å². The number of likely N-dealkylation sites (tertiary alicyclic amines) is 1. The molecule has 3 rings (SSSR count). The molecule has 4 nitrogen and oxygen atoms in total. The SMILES string of the molecule is O=S(=O)(Cc1ccccc1F)NCC(c1ccsc1)N1CCCCCC1. The van der Waals surface area contributed by atoms with Crippen LogP contribution in [0.15, 0.2) is 41.1 Å². The fraction of sp³-hybridized carbons (Fsp3) is 0.474. The second-order valence-corrected chi connectivity index (χ2v) is 9.31. The van der Waals surface area contributed by atoms with Gasteiger partial charge in [0.1, 0.15) is 5.82 Å². The van der Waals surface area contributed by atoms with E-state index in [-0.39, 0.29) is 17.4 Å². The molecular formula is C19H25FN2O2S2. The quantitative estimate of drug-likeness (QED) is 0.772. The van der Waals surface area contributed by atoms with Crippen molar-refractivity contribution in [3.05, 3.63) is 58.0 Å². The number of rotatable bonds is 7. The molecule has 1 aromatic heterocycles. The summed E-state index contributed by atoms with van der Waals surface area (Å²) in [6.45, 7) is 2.28. The summed E-state index contributed by atoms with van der Waals surface area (Å²) in [4.78, 5) is 2.38. The summed E-state index contributed by atoms with van der Waals surface area (Å²) in [5, 5.41) is 4.11. The van der Waals surface area contributed by atoms with Gasteiger partial charge in [0.15, 0.2) is 0 Å². The molecule has 142 valence electrons. The van der Waals surface area contributed by atoms with Crippen LogP contribution in [-0.4, -0.2) is 33.0 Å². The predicted octanol–water partition coefficient (Wildman–Crippen LogP) is 3.92. The third-order valence-electron chi connectivity index (χ3n) is 4.81. The monoisotopic (exact) mass is 396 g/mol. The second kappa shape index (κ2) is 9.08. The lowest BCUT2D eigenvalue weighted by molar-refractivity contribution is 0.206. The Bertz CT molecular complexity index is 786. The van der Waals surface area contributed by atoms with Crippen LogP contribution in [0, 0.1) is 5.82 Å². The molecule has 1 N–H and O–H groups in total. The van der Waals surface area contributed by atoms with Crippen molar-refractivity contribution in [3.63, 3.8) is 0 Å². The van der Waals surface area contributed by atoms with Crippen LogP contribution in [0.4, 0.5) is 4.39 Å². The molecule has 0 bridgehead atoms. The lowest BCUT2D eigenvalue weighted by Crippen LogP contribution is -2.39. The minimum absolute atomic E-state index is 0.0229. The number of halogens is 1. The molecule has 2 heterocycles. The second-order valence-electron chi connectivity index (χ2n) is 6.72. The average Bonchev–Trinajstić information content (AvgIpc) is 3.00. The van der Waals surface area contributed by atoms with E-state index >= 15 is 0 Å². The lowest BCUT2D eigenvalue weighted by Gasteiger charge is -2.30. The Morgan fingerprint density at radius 3 is 2.50 bits per heavy atom. The highest BCUT2D eigenvalue weighted by Crippen LogP contribution is 2.26. The normalized spacial score (nSPS) is 17.7. The van der Waals surface area contributed by atoms with Crippen LogP contribution in [0.25, 0.3) is 0 Å². The number of hydrogen-bond acceptors (Lipinski definition) is 4. The van der Waals surface area contributed by atoms with Gasteiger partial charge in [-0.25, -0.2) is 17.5 Å². The van der Waals surface area contributed by atoms with Crippen molar-refractivity contribution in [3.8, 4) is 0 Å². The fourth-order valence-electron chi connectivity index (χ4n) is 3.41. The fourth-order valence-corrected chi connectivity index (χ4v) is 5.27. The van der Waals surface area contributed by atoms with Gasteiger partial charge in [-0.2, -0.15) is 11.3 Å². The third kappa shape index (κ3) is 5.36. The minimum atomic E-state index is -3.60. The van der Waals surface area contributed by atoms with Crippen LogP contribution in [0.3, 0.4) is 0 Å². The number of sulfonamides is 1. The highest BCUT2D eigenvalue weighted by atomic mass is 32.2. The van der Waals surface area contributed by atoms with Crippen molar-refractivity contribution in [2.24, 2.45) is 0 Å². The van der Waals surface area contributed by atoms with Gasteiger partial charge in [-0.1, -0.05) is 31.0 Å². The van der Waals surface area contributed by atoms with E-state index < -0.39 is 15.8 Å². The van der Waals surface area contributed by atoms with Gasteiger partial charge in [0.05, 0.1) is 5.75 Å². The van der Waals surface area contributed by atoms with E-state index in [0.717, 1.165) is 31.5 Å². The number of nitrogens with zero attached hydrogens (tertiary/aromatic N) is 1. The predicted molar refractivity (Wildman–Crippen MR) is 104 cm³/mol. The van der Waals surface area contributed by atoms with E-state index in [4.69, 9.17) is 0 Å². The standard InChI is InChI=1S/C19H25FN2O2S2/c20-18-8-4-3-7-17(18)15-26(23,24)21-13-19(16-9-12-25-14-16)22-10-5-1-2-6-11-22/h3-4,7-9,12,14,19,21H,1-2,5-6,10-11,13,15H2. The average molecular weight is 397 g/mol. The maximum atomic E-state index is 13.8. The summed E-state index contributed by atoms with van der Waals surface area (Å²) in [5.41, 5.74) is 1.34. The number of benzene rings is 1. The van der Waals surface area contributed by atoms with E-state index in [0.29, 0.717) is 6.54 Å². The summed E-state index contributed by atoms with van der Waals surface area (Å²) in [5.74, 6) is -0.824. The van der Waals surface area contributed by atoms with Gasteiger partial charge in [-0.3, -0.25) is 4.90 Å². The van der Waals surface area contributed by atoms with Gasteiger partial charge in [0.2, 0.25) is 10.0 Å². The molecule has 1 atom stereocenters. The van der Waals surface area contributed by atoms with Crippen molar-refractivity contribution in [2.75, 3.05) is 19.6 Å². The van der Waals surface area contributed by atoms with E-state index in [9.17, 15) is 12.8 Å². The molecule has 26 heavy (non-hydrogen) atoms. The zero-order valence-corrected chi connectivity index (χ0v) is 16.4. The zero-order chi connectivity index (χ0) is 18.4. The van der Waals surface area contributed by atoms with Gasteiger partial charge < -0.3 is 0 Å². The zero-order valence-electron chi connectivity index (χ0n) is 14.7. The van der Waals surface area contributed by atoms with Gasteiger partial charge in [-0.05, 0) is 54.4 Å². The summed E-state index contributed by atoms with van der Waals surface area (Å²) >= 11 is 1.62. The molecule has 7 heteroatoms. The first-order valence-corrected chi connectivity index (χ1v) is 11.6. The van der Waals surface area contributed by atoms with Gasteiger partial charge in [0.25, 0.3) is 0 Å². The first-order chi connectivity index (χ1) is 12.6. The Labute approximate surface area is 159 Å². The Kier molecular flexibility index (Phi) is 6.80. The van der Waals surface area contributed by atoms with Crippen molar-refractivity contribution >= 4 is 21.4 Å². The van der Waals surface area contributed by atoms with Gasteiger partial charge >= 0.3 is 0 Å². The number of nitrogens with one attached hydrogen (secondary N) is 1. The van der Waals surface area contributed by atoms with E-state index in [1.807, 2.05) is 5.38 Å². The molecule has 0 amide bonds. The lowest BCUT2D eigenvalue weighted by atomic mass is 10.1. The molecule has 0 radical (unpaired) electrons. The van der Waals surface area contributed by atoms with Crippen LogP contribution in [-0.2, 0) is 15.8 Å². The first kappa shape index (κ1) is 19.5. The van der Waals surface area contributed by atoms with Crippen LogP contribution < -0.4 is 4.72 Å². The van der Waals surface area contributed by atoms with Crippen LogP contribution in [0.5, 0.6) is 0 Å². The van der Waals surface area contributed by atoms with Crippen molar-refractivity contribution in [1.82, 2.24) is 9.62 Å². The third-order valence-corrected chi connectivity index (χ3v) is 6.81. The number of hydrogen-bond donors (Lipinski definition) is 1. The molecule has 1 unspecified atom stereocenters. The molecule has 1 aliphatic rings. The van der Waals surface area contributed by atoms with E-state index in [1.54, 1.807) is 23.5 Å². The Morgan fingerprint density at radius 1 is 1.12 bits per heavy atom. The Hall–Kier alpha value is -1.28. The molecule has 0 saturated carbocycles. The van der Waals surface area contributed by atoms with Crippen LogP contribution in [0.1, 0.15) is 42.9 Å². The van der Waals surface area contributed by atoms with Gasteiger partial charge in [-0.15, -0.1) is 0 Å². The summed E-state index contributed by atoms with van der Waals surface area (Å²) < 4.78 is 41.5. The maximum Gasteiger partial charge on any atom is 0.215 e. The van der Waals surface area contributed by atoms with Gasteiger partial charge in [0, 0.05) is 18.2 Å². The topological polar surface area (TPSA) is 49.4 Å². The molecule has 1 aromatic carbocycles. The summed E-state index contributed by atoms with van der Waals surface area (Å²) in [7, 11) is -3.60.